The van der Waals surface area contributed by atoms with Crippen LogP contribution in [0.4, 0.5) is 5.69 Å². The van der Waals surface area contributed by atoms with E-state index in [2.05, 4.69) is 9.44 Å². The van der Waals surface area contributed by atoms with Gasteiger partial charge in [-0.15, -0.1) is 0 Å². The van der Waals surface area contributed by atoms with Gasteiger partial charge >= 0.3 is 0 Å². The van der Waals surface area contributed by atoms with E-state index in [4.69, 9.17) is 5.73 Å². The van der Waals surface area contributed by atoms with Crippen molar-refractivity contribution < 1.29 is 16.8 Å². The quantitative estimate of drug-likeness (QED) is 0.607. The Balaban J connectivity index is 2.72. The minimum atomic E-state index is -3.61. The zero-order valence-electron chi connectivity index (χ0n) is 12.3. The smallest absolute Gasteiger partial charge is 0.215 e. The molecule has 0 radical (unpaired) electrons. The predicted octanol–water partition coefficient (Wildman–Crippen LogP) is 0.0160. The summed E-state index contributed by atoms with van der Waals surface area (Å²) in [5.41, 5.74) is 5.68. The third-order valence-electron chi connectivity index (χ3n) is 2.60. The molecule has 0 aromatic heterocycles. The summed E-state index contributed by atoms with van der Waals surface area (Å²) in [5, 5.41) is 0. The second kappa shape index (κ2) is 6.30. The van der Waals surface area contributed by atoms with Gasteiger partial charge < -0.3 is 5.73 Å². The number of sulfonamides is 2. The fraction of sp³-hybridized carbons (Fsp3) is 0.500. The highest BCUT2D eigenvalue weighted by atomic mass is 32.2. The molecule has 0 aliphatic heterocycles. The molecule has 0 atom stereocenters. The minimum absolute atomic E-state index is 0.0604. The molecular weight excluding hydrogens is 314 g/mol. The molecule has 1 rings (SSSR count). The molecule has 1 aromatic carbocycles. The summed E-state index contributed by atoms with van der Waals surface area (Å²) in [6, 6.07) is 6.68. The van der Waals surface area contributed by atoms with E-state index in [1.165, 1.54) is 0 Å². The molecule has 120 valence electrons. The maximum atomic E-state index is 12.0. The number of nitrogens with two attached hydrogens (primary N) is 1. The van der Waals surface area contributed by atoms with Gasteiger partial charge in [-0.25, -0.2) is 26.3 Å². The van der Waals surface area contributed by atoms with Gasteiger partial charge in [0.05, 0.1) is 12.0 Å². The van der Waals surface area contributed by atoms with E-state index in [-0.39, 0.29) is 12.3 Å². The van der Waals surface area contributed by atoms with Crippen LogP contribution in [0.5, 0.6) is 0 Å². The zero-order chi connectivity index (χ0) is 16.3. The molecule has 0 aliphatic carbocycles. The molecule has 21 heavy (non-hydrogen) atoms. The van der Waals surface area contributed by atoms with Crippen molar-refractivity contribution in [3.05, 3.63) is 29.8 Å². The number of benzene rings is 1. The number of hydrogen-bond donors (Lipinski definition) is 3. The molecule has 0 saturated carbocycles. The minimum Gasteiger partial charge on any atom is -0.398 e. The third kappa shape index (κ3) is 6.89. The van der Waals surface area contributed by atoms with Crippen molar-refractivity contribution in [2.45, 2.75) is 25.1 Å². The van der Waals surface area contributed by atoms with E-state index in [0.717, 1.165) is 6.26 Å². The van der Waals surface area contributed by atoms with E-state index < -0.39 is 25.6 Å². The molecule has 0 fully saturated rings. The normalized spacial score (nSPS) is 13.3. The highest BCUT2D eigenvalue weighted by Gasteiger charge is 2.24. The van der Waals surface area contributed by atoms with E-state index in [1.807, 2.05) is 0 Å². The van der Waals surface area contributed by atoms with Crippen LogP contribution < -0.4 is 15.2 Å². The lowest BCUT2D eigenvalue weighted by Gasteiger charge is -2.25. The van der Waals surface area contributed by atoms with Crippen molar-refractivity contribution >= 4 is 25.7 Å². The van der Waals surface area contributed by atoms with Crippen LogP contribution in [0.25, 0.3) is 0 Å². The van der Waals surface area contributed by atoms with E-state index in [0.29, 0.717) is 11.3 Å². The summed E-state index contributed by atoms with van der Waals surface area (Å²) in [6.45, 7) is 3.12. The van der Waals surface area contributed by atoms with Crippen LogP contribution in [0.1, 0.15) is 19.4 Å². The van der Waals surface area contributed by atoms with E-state index in [1.54, 1.807) is 38.1 Å². The molecule has 0 aliphatic rings. The molecular formula is C12H21N3O4S2. The second-order valence-corrected chi connectivity index (χ2v) is 9.09. The van der Waals surface area contributed by atoms with Crippen molar-refractivity contribution in [3.63, 3.8) is 0 Å². The predicted molar refractivity (Wildman–Crippen MR) is 83.5 cm³/mol. The fourth-order valence-corrected chi connectivity index (χ4v) is 4.18. The number of nitrogens with one attached hydrogen (secondary N) is 2. The monoisotopic (exact) mass is 335 g/mol. The van der Waals surface area contributed by atoms with Crippen LogP contribution >= 0.6 is 0 Å². The van der Waals surface area contributed by atoms with Crippen molar-refractivity contribution in [2.24, 2.45) is 0 Å². The first-order chi connectivity index (χ1) is 9.40. The van der Waals surface area contributed by atoms with E-state index in [9.17, 15) is 16.8 Å². The first-order valence-corrected chi connectivity index (χ1v) is 9.74. The number of anilines is 1. The lowest BCUT2D eigenvalue weighted by molar-refractivity contribution is 0.446. The van der Waals surface area contributed by atoms with Gasteiger partial charge in [-0.2, -0.15) is 0 Å². The van der Waals surface area contributed by atoms with Crippen LogP contribution in [0.15, 0.2) is 24.3 Å². The second-order valence-electron chi connectivity index (χ2n) is 5.54. The molecule has 0 unspecified atom stereocenters. The Morgan fingerprint density at radius 1 is 1.14 bits per heavy atom. The van der Waals surface area contributed by atoms with Gasteiger partial charge in [0.1, 0.15) is 0 Å². The summed E-state index contributed by atoms with van der Waals surface area (Å²) >= 11 is 0. The maximum Gasteiger partial charge on any atom is 0.215 e. The fourth-order valence-electron chi connectivity index (χ4n) is 1.75. The third-order valence-corrected chi connectivity index (χ3v) is 4.79. The van der Waals surface area contributed by atoms with Crippen molar-refractivity contribution in [2.75, 3.05) is 18.5 Å². The van der Waals surface area contributed by atoms with Crippen molar-refractivity contribution in [1.82, 2.24) is 9.44 Å². The first-order valence-electron chi connectivity index (χ1n) is 6.20. The van der Waals surface area contributed by atoms with Crippen LogP contribution in [0, 0.1) is 0 Å². The summed E-state index contributed by atoms with van der Waals surface area (Å²) in [7, 11) is -7.03. The SMILES string of the molecule is CC(C)(CNS(=O)(=O)Cc1ccccc1N)NS(C)(=O)=O. The van der Waals surface area contributed by atoms with Crippen LogP contribution in [0.3, 0.4) is 0 Å². The Kier molecular flexibility index (Phi) is 5.37. The summed E-state index contributed by atoms with van der Waals surface area (Å²) < 4.78 is 51.2. The topological polar surface area (TPSA) is 118 Å². The average Bonchev–Trinajstić information content (AvgIpc) is 2.27. The van der Waals surface area contributed by atoms with Gasteiger partial charge in [0.25, 0.3) is 0 Å². The highest BCUT2D eigenvalue weighted by Crippen LogP contribution is 2.14. The summed E-state index contributed by atoms with van der Waals surface area (Å²) in [6.07, 6.45) is 1.02. The lowest BCUT2D eigenvalue weighted by Crippen LogP contribution is -2.51. The Labute approximate surface area is 126 Å². The van der Waals surface area contributed by atoms with Gasteiger partial charge in [0, 0.05) is 17.8 Å². The van der Waals surface area contributed by atoms with Crippen molar-refractivity contribution in [1.29, 1.82) is 0 Å². The van der Waals surface area contributed by atoms with E-state index >= 15 is 0 Å². The molecule has 0 saturated heterocycles. The molecule has 0 amide bonds. The van der Waals surface area contributed by atoms with Gasteiger partial charge in [0.15, 0.2) is 0 Å². The largest absolute Gasteiger partial charge is 0.398 e. The molecule has 1 aromatic rings. The Bertz CT molecular complexity index is 697. The summed E-state index contributed by atoms with van der Waals surface area (Å²) in [5.74, 6) is -0.255. The summed E-state index contributed by atoms with van der Waals surface area (Å²) in [4.78, 5) is 0. The molecule has 7 nitrogen and oxygen atoms in total. The molecule has 4 N–H and O–H groups in total. The molecule has 0 spiro atoms. The zero-order valence-corrected chi connectivity index (χ0v) is 13.9. The Morgan fingerprint density at radius 3 is 2.24 bits per heavy atom. The van der Waals surface area contributed by atoms with Gasteiger partial charge in [-0.3, -0.25) is 0 Å². The average molecular weight is 335 g/mol. The Hall–Kier alpha value is -1.16. The Morgan fingerprint density at radius 2 is 1.71 bits per heavy atom. The molecule has 0 heterocycles. The van der Waals surface area contributed by atoms with Gasteiger partial charge in [-0.1, -0.05) is 18.2 Å². The molecule has 0 bridgehead atoms. The van der Waals surface area contributed by atoms with Crippen LogP contribution in [-0.2, 0) is 25.8 Å². The number of nitrogen functional groups attached to an aromatic ring is 1. The lowest BCUT2D eigenvalue weighted by atomic mass is 10.1. The van der Waals surface area contributed by atoms with Crippen LogP contribution in [-0.4, -0.2) is 35.2 Å². The van der Waals surface area contributed by atoms with Gasteiger partial charge in [-0.05, 0) is 25.5 Å². The number of hydrogen-bond acceptors (Lipinski definition) is 5. The first kappa shape index (κ1) is 17.9. The number of para-hydroxylation sites is 1. The van der Waals surface area contributed by atoms with Crippen LogP contribution in [0.2, 0.25) is 0 Å². The standard InChI is InChI=1S/C12H21N3O4S2/c1-12(2,15-20(3,16)17)9-14-21(18,19)8-10-6-4-5-7-11(10)13/h4-7,14-15H,8-9,13H2,1-3H3. The maximum absolute atomic E-state index is 12.0. The highest BCUT2D eigenvalue weighted by molar-refractivity contribution is 7.89. The van der Waals surface area contributed by atoms with Crippen molar-refractivity contribution in [3.8, 4) is 0 Å². The number of rotatable bonds is 7. The molecule has 9 heteroatoms. The van der Waals surface area contributed by atoms with Gasteiger partial charge in [0.2, 0.25) is 20.0 Å².